The molecule has 12 rings (SSSR count). The molecule has 0 radical (unpaired) electrons. The third kappa shape index (κ3) is 4.99. The Morgan fingerprint density at radius 2 is 0.914 bits per heavy atom. The summed E-state index contributed by atoms with van der Waals surface area (Å²) in [7, 11) is 0. The maximum atomic E-state index is 5.28. The second-order valence-corrected chi connectivity index (χ2v) is 17.2. The zero-order valence-corrected chi connectivity index (χ0v) is 33.4. The lowest BCUT2D eigenvalue weighted by Crippen LogP contribution is -2.13. The molecule has 0 unspecified atom stereocenters. The van der Waals surface area contributed by atoms with Gasteiger partial charge < -0.3 is 9.80 Å². The van der Waals surface area contributed by atoms with E-state index in [2.05, 4.69) is 194 Å². The molecule has 58 heavy (non-hydrogen) atoms. The van der Waals surface area contributed by atoms with E-state index >= 15 is 0 Å². The minimum absolute atomic E-state index is 0.937. The van der Waals surface area contributed by atoms with Crippen molar-refractivity contribution >= 4 is 130 Å². The van der Waals surface area contributed by atoms with E-state index in [-0.39, 0.29) is 0 Å². The Bertz CT molecular complexity index is 3320. The van der Waals surface area contributed by atoms with Crippen LogP contribution in [-0.2, 0) is 0 Å². The number of hydrogen-bond donors (Lipinski definition) is 0. The Kier molecular flexibility index (Phi) is 7.37. The van der Waals surface area contributed by atoms with Gasteiger partial charge in [-0.05, 0) is 97.8 Å². The number of anilines is 6. The van der Waals surface area contributed by atoms with Crippen molar-refractivity contribution in [1.29, 1.82) is 0 Å². The van der Waals surface area contributed by atoms with E-state index in [1.54, 1.807) is 0 Å². The molecule has 0 saturated carbocycles. The van der Waals surface area contributed by atoms with Gasteiger partial charge in [0.25, 0.3) is 0 Å². The van der Waals surface area contributed by atoms with Crippen LogP contribution in [0.1, 0.15) is 11.1 Å². The lowest BCUT2D eigenvalue weighted by Gasteiger charge is -2.29. The normalized spacial score (nSPS) is 12.0. The second-order valence-electron chi connectivity index (χ2n) is 15.1. The quantitative estimate of drug-likeness (QED) is 0.157. The predicted octanol–water partition coefficient (Wildman–Crippen LogP) is 15.7. The van der Waals surface area contributed by atoms with Gasteiger partial charge in [-0.1, -0.05) is 84.9 Å². The van der Waals surface area contributed by atoms with E-state index in [0.29, 0.717) is 0 Å². The molecule has 0 fully saturated rings. The maximum Gasteiger partial charge on any atom is 0.0780 e. The number of hydrogen-bond acceptors (Lipinski definition) is 6. The summed E-state index contributed by atoms with van der Waals surface area (Å²) < 4.78 is 5.15. The molecule has 12 aromatic rings. The van der Waals surface area contributed by atoms with Crippen molar-refractivity contribution < 1.29 is 0 Å². The van der Waals surface area contributed by atoms with Crippen LogP contribution >= 0.6 is 22.7 Å². The number of rotatable bonds is 6. The molecule has 0 bridgehead atoms. The molecule has 4 nitrogen and oxygen atoms in total. The van der Waals surface area contributed by atoms with Crippen molar-refractivity contribution in [2.24, 2.45) is 0 Å². The molecule has 0 aliphatic heterocycles. The maximum absolute atomic E-state index is 5.28. The van der Waals surface area contributed by atoms with E-state index in [9.17, 15) is 0 Å². The van der Waals surface area contributed by atoms with Gasteiger partial charge in [0.1, 0.15) is 0 Å². The molecule has 4 heterocycles. The largest absolute Gasteiger partial charge is 0.310 e. The second kappa shape index (κ2) is 12.8. The number of benzene rings is 8. The van der Waals surface area contributed by atoms with E-state index < -0.39 is 0 Å². The van der Waals surface area contributed by atoms with Crippen LogP contribution in [0.5, 0.6) is 0 Å². The van der Waals surface area contributed by atoms with Gasteiger partial charge in [0, 0.05) is 97.0 Å². The molecule has 0 amide bonds. The van der Waals surface area contributed by atoms with Crippen molar-refractivity contribution in [2.75, 3.05) is 9.80 Å². The van der Waals surface area contributed by atoms with Crippen LogP contribution in [0.25, 0.3) is 72.9 Å². The third-order valence-electron chi connectivity index (χ3n) is 11.8. The molecule has 0 atom stereocenters. The summed E-state index contributed by atoms with van der Waals surface area (Å²) in [6.07, 6.45) is 4.15. The monoisotopic (exact) mass is 778 g/mol. The molecular formula is C52H34N4S2. The predicted molar refractivity (Wildman–Crippen MR) is 250 cm³/mol. The summed E-state index contributed by atoms with van der Waals surface area (Å²) in [5.41, 5.74) is 10.8. The van der Waals surface area contributed by atoms with Crippen LogP contribution in [-0.4, -0.2) is 9.97 Å². The molecule has 274 valence electrons. The average Bonchev–Trinajstić information content (AvgIpc) is 3.83. The number of aryl methyl sites for hydroxylation is 2. The van der Waals surface area contributed by atoms with E-state index in [1.807, 2.05) is 22.7 Å². The first-order valence-electron chi connectivity index (χ1n) is 19.6. The van der Waals surface area contributed by atoms with Gasteiger partial charge in [-0.3, -0.25) is 9.97 Å². The van der Waals surface area contributed by atoms with Crippen LogP contribution in [0.3, 0.4) is 0 Å². The summed E-state index contributed by atoms with van der Waals surface area (Å²) in [6.45, 7) is 4.45. The van der Waals surface area contributed by atoms with Crippen molar-refractivity contribution in [3.63, 3.8) is 0 Å². The first kappa shape index (κ1) is 33.3. The smallest absolute Gasteiger partial charge is 0.0780 e. The van der Waals surface area contributed by atoms with Crippen molar-refractivity contribution in [2.45, 2.75) is 13.8 Å². The minimum atomic E-state index is 0.937. The topological polar surface area (TPSA) is 32.3 Å². The van der Waals surface area contributed by atoms with E-state index in [4.69, 9.17) is 9.97 Å². The average molecular weight is 779 g/mol. The highest BCUT2D eigenvalue weighted by atomic mass is 32.1. The molecule has 0 saturated heterocycles. The number of para-hydroxylation sites is 2. The Balaban J connectivity index is 1.05. The van der Waals surface area contributed by atoms with Gasteiger partial charge in [-0.15, -0.1) is 22.7 Å². The molecule has 8 aromatic carbocycles. The Labute approximate surface area is 342 Å². The summed E-state index contributed by atoms with van der Waals surface area (Å²) in [5, 5.41) is 9.73. The minimum Gasteiger partial charge on any atom is -0.310 e. The highest BCUT2D eigenvalue weighted by Gasteiger charge is 2.24. The number of pyridine rings is 2. The van der Waals surface area contributed by atoms with Crippen molar-refractivity contribution in [3.8, 4) is 0 Å². The summed E-state index contributed by atoms with van der Waals surface area (Å²) in [6, 6.07) is 57.0. The lowest BCUT2D eigenvalue weighted by molar-refractivity contribution is 1.25. The summed E-state index contributed by atoms with van der Waals surface area (Å²) in [5.74, 6) is 0. The van der Waals surface area contributed by atoms with Gasteiger partial charge >= 0.3 is 0 Å². The van der Waals surface area contributed by atoms with Crippen LogP contribution < -0.4 is 9.80 Å². The fraction of sp³-hybridized carbons (Fsp3) is 0.0385. The third-order valence-corrected chi connectivity index (χ3v) is 14.1. The zero-order valence-electron chi connectivity index (χ0n) is 31.8. The molecule has 6 heteroatoms. The van der Waals surface area contributed by atoms with Crippen LogP contribution in [0, 0.1) is 13.8 Å². The number of fused-ring (bicyclic) bond motifs is 6. The van der Waals surface area contributed by atoms with E-state index in [0.717, 1.165) is 66.9 Å². The van der Waals surface area contributed by atoms with Gasteiger partial charge in [0.2, 0.25) is 0 Å². The van der Waals surface area contributed by atoms with Crippen molar-refractivity contribution in [1.82, 2.24) is 9.97 Å². The Morgan fingerprint density at radius 1 is 0.397 bits per heavy atom. The standard InChI is InChI=1S/C52H34N4S2/c1-31-42-30-53-43-28-45(56(35-15-7-4-8-16-35)37-22-24-41-39-18-10-12-20-47(39)58-49(41)27-37)32(2)52-51(43)50(42)33(29-54-52)25-44(31)55(34-13-5-3-6-14-34)36-21-23-40-38-17-9-11-19-46(38)57-48(40)26-36/h3-30H,1-2H3. The molecule has 0 aliphatic carbocycles. The molecular weight excluding hydrogens is 745 g/mol. The van der Waals surface area contributed by atoms with Gasteiger partial charge in [0.15, 0.2) is 0 Å². The van der Waals surface area contributed by atoms with Gasteiger partial charge in [-0.2, -0.15) is 0 Å². The first-order chi connectivity index (χ1) is 28.6. The zero-order chi connectivity index (χ0) is 38.5. The fourth-order valence-corrected chi connectivity index (χ4v) is 11.3. The van der Waals surface area contributed by atoms with Crippen molar-refractivity contribution in [3.05, 3.63) is 181 Å². The highest BCUT2D eigenvalue weighted by molar-refractivity contribution is 7.26. The molecule has 4 aromatic heterocycles. The summed E-state index contributed by atoms with van der Waals surface area (Å²) >= 11 is 3.69. The molecule has 0 spiro atoms. The molecule has 0 N–H and O–H groups in total. The van der Waals surface area contributed by atoms with Crippen LogP contribution in [0.2, 0.25) is 0 Å². The van der Waals surface area contributed by atoms with Gasteiger partial charge in [0.05, 0.1) is 22.4 Å². The van der Waals surface area contributed by atoms with Gasteiger partial charge in [-0.25, -0.2) is 0 Å². The van der Waals surface area contributed by atoms with E-state index in [1.165, 1.54) is 51.3 Å². The Morgan fingerprint density at radius 3 is 1.50 bits per heavy atom. The number of aromatic nitrogens is 2. The van der Waals surface area contributed by atoms with Crippen LogP contribution in [0.15, 0.2) is 170 Å². The SMILES string of the molecule is Cc1c(N(c2ccccc2)c2ccc3c(c2)sc2ccccc23)cc2cnc3c(C)c(N(c4ccccc4)c4ccc5c(c4)sc4ccccc45)cc4ncc1c2c43. The fourth-order valence-electron chi connectivity index (χ4n) is 9.05. The summed E-state index contributed by atoms with van der Waals surface area (Å²) in [4.78, 5) is 15.3. The number of thiophene rings is 2. The number of nitrogens with zero attached hydrogens (tertiary/aromatic N) is 4. The van der Waals surface area contributed by atoms with Crippen LogP contribution in [0.4, 0.5) is 34.1 Å². The molecule has 0 aliphatic rings. The Hall–Kier alpha value is -6.86. The first-order valence-corrected chi connectivity index (χ1v) is 21.2. The lowest BCUT2D eigenvalue weighted by atomic mass is 9.94. The highest BCUT2D eigenvalue weighted by Crippen LogP contribution is 2.48.